The summed E-state index contributed by atoms with van der Waals surface area (Å²) in [6.07, 6.45) is 6.70. The minimum Gasteiger partial charge on any atom is -0.508 e. The standard InChI is InChI=1S/C26H31N3O4/c30-19-6-5-18-14-22-26(33)9-13-28(24(32)23-21(31)2-1-10-27-23)11-7-25(26,20(18)15-19)8-12-29(22)16-17-3-4-17/h1-2,5-6,10,15,17,22,30-31,33H,3-4,7-9,11-14,16H2. The number of benzene rings is 1. The number of amides is 1. The molecule has 2 bridgehead atoms. The number of rotatable bonds is 3. The van der Waals surface area contributed by atoms with Crippen molar-refractivity contribution < 1.29 is 20.1 Å². The summed E-state index contributed by atoms with van der Waals surface area (Å²) in [5.41, 5.74) is 0.809. The van der Waals surface area contributed by atoms with E-state index in [0.717, 1.165) is 37.4 Å². The summed E-state index contributed by atoms with van der Waals surface area (Å²) in [6.45, 7) is 2.84. The molecule has 2 aliphatic heterocycles. The summed E-state index contributed by atoms with van der Waals surface area (Å²) in [4.78, 5) is 21.6. The van der Waals surface area contributed by atoms with Gasteiger partial charge in [0.1, 0.15) is 11.5 Å². The van der Waals surface area contributed by atoms with E-state index in [0.29, 0.717) is 25.9 Å². The van der Waals surface area contributed by atoms with Gasteiger partial charge in [-0.1, -0.05) is 6.07 Å². The predicted molar refractivity (Wildman–Crippen MR) is 122 cm³/mol. The second-order valence-electron chi connectivity index (χ2n) is 10.4. The Labute approximate surface area is 193 Å². The van der Waals surface area contributed by atoms with Crippen LogP contribution in [0.25, 0.3) is 0 Å². The minimum atomic E-state index is -0.984. The lowest BCUT2D eigenvalue weighted by Crippen LogP contribution is -2.71. The number of phenolic OH excluding ortho intramolecular Hbond substituents is 1. The second kappa shape index (κ2) is 7.43. The maximum absolute atomic E-state index is 13.3. The third-order valence-electron chi connectivity index (χ3n) is 8.71. The van der Waals surface area contributed by atoms with Crippen LogP contribution in [0.1, 0.15) is 53.7 Å². The Morgan fingerprint density at radius 2 is 1.88 bits per heavy atom. The van der Waals surface area contributed by atoms with Crippen molar-refractivity contribution in [3.63, 3.8) is 0 Å². The quantitative estimate of drug-likeness (QED) is 0.666. The lowest BCUT2D eigenvalue weighted by Gasteiger charge is -2.61. The van der Waals surface area contributed by atoms with Gasteiger partial charge in [0.05, 0.1) is 5.60 Å². The van der Waals surface area contributed by atoms with Crippen molar-refractivity contribution in [1.29, 1.82) is 0 Å². The summed E-state index contributed by atoms with van der Waals surface area (Å²) in [6, 6.07) is 8.69. The number of piperidine rings is 1. The van der Waals surface area contributed by atoms with Crippen molar-refractivity contribution in [2.24, 2.45) is 5.92 Å². The first-order valence-corrected chi connectivity index (χ1v) is 12.1. The van der Waals surface area contributed by atoms with Gasteiger partial charge in [-0.2, -0.15) is 0 Å². The molecule has 0 radical (unpaired) electrons. The van der Waals surface area contributed by atoms with Gasteiger partial charge < -0.3 is 20.2 Å². The van der Waals surface area contributed by atoms with E-state index in [4.69, 9.17) is 0 Å². The van der Waals surface area contributed by atoms with E-state index >= 15 is 0 Å². The lowest BCUT2D eigenvalue weighted by atomic mass is 9.52. The maximum Gasteiger partial charge on any atom is 0.276 e. The van der Waals surface area contributed by atoms with Gasteiger partial charge in [-0.05, 0) is 86.4 Å². The molecule has 1 aromatic carbocycles. The number of aliphatic hydroxyl groups is 1. The molecule has 7 nitrogen and oxygen atoms in total. The zero-order valence-corrected chi connectivity index (χ0v) is 18.8. The first kappa shape index (κ1) is 20.9. The highest BCUT2D eigenvalue weighted by atomic mass is 16.3. The zero-order chi connectivity index (χ0) is 22.8. The fourth-order valence-corrected chi connectivity index (χ4v) is 6.78. The van der Waals surface area contributed by atoms with Crippen LogP contribution in [-0.4, -0.2) is 73.8 Å². The number of aromatic hydroxyl groups is 2. The molecule has 6 rings (SSSR count). The smallest absolute Gasteiger partial charge is 0.276 e. The molecule has 3 fully saturated rings. The van der Waals surface area contributed by atoms with Gasteiger partial charge in [0.25, 0.3) is 5.91 Å². The van der Waals surface area contributed by atoms with Gasteiger partial charge in [-0.3, -0.25) is 9.69 Å². The van der Waals surface area contributed by atoms with Crippen LogP contribution in [0.4, 0.5) is 0 Å². The number of aromatic nitrogens is 1. The monoisotopic (exact) mass is 449 g/mol. The van der Waals surface area contributed by atoms with Crippen LogP contribution in [0.5, 0.6) is 11.5 Å². The molecule has 174 valence electrons. The molecule has 3 N–H and O–H groups in total. The van der Waals surface area contributed by atoms with Gasteiger partial charge in [-0.25, -0.2) is 4.98 Å². The SMILES string of the molecule is O=C(c1ncccc1O)N1CCC23CCN(CC4CC4)C(Cc4ccc(O)cc42)C3(O)CC1. The molecule has 2 aliphatic carbocycles. The highest BCUT2D eigenvalue weighted by molar-refractivity contribution is 5.94. The Morgan fingerprint density at radius 3 is 2.67 bits per heavy atom. The van der Waals surface area contributed by atoms with Gasteiger partial charge in [-0.15, -0.1) is 0 Å². The average molecular weight is 450 g/mol. The van der Waals surface area contributed by atoms with Crippen molar-refractivity contribution in [1.82, 2.24) is 14.8 Å². The molecular formula is C26H31N3O4. The second-order valence-corrected chi connectivity index (χ2v) is 10.4. The van der Waals surface area contributed by atoms with E-state index in [9.17, 15) is 20.1 Å². The fourth-order valence-electron chi connectivity index (χ4n) is 6.78. The lowest BCUT2D eigenvalue weighted by molar-refractivity contribution is -0.149. The van der Waals surface area contributed by atoms with Crippen LogP contribution in [0.3, 0.4) is 0 Å². The number of nitrogens with zero attached hydrogens (tertiary/aromatic N) is 3. The molecule has 2 aromatic rings. The normalized spacial score (nSPS) is 31.4. The van der Waals surface area contributed by atoms with E-state index in [2.05, 4.69) is 9.88 Å². The number of pyridine rings is 1. The molecule has 33 heavy (non-hydrogen) atoms. The average Bonchev–Trinajstić information content (AvgIpc) is 3.63. The zero-order valence-electron chi connectivity index (χ0n) is 18.8. The summed E-state index contributed by atoms with van der Waals surface area (Å²) in [5, 5.41) is 33.0. The number of fused-ring (bicyclic) bond motifs is 1. The van der Waals surface area contributed by atoms with Crippen LogP contribution in [0.15, 0.2) is 36.5 Å². The fraction of sp³-hybridized carbons (Fsp3) is 0.538. The number of hydrogen-bond donors (Lipinski definition) is 3. The van der Waals surface area contributed by atoms with E-state index < -0.39 is 11.0 Å². The molecule has 3 heterocycles. The third-order valence-corrected chi connectivity index (χ3v) is 8.71. The predicted octanol–water partition coefficient (Wildman–Crippen LogP) is 2.44. The largest absolute Gasteiger partial charge is 0.508 e. The number of likely N-dealkylation sites (tertiary alicyclic amines) is 2. The maximum atomic E-state index is 13.3. The van der Waals surface area contributed by atoms with E-state index in [1.165, 1.54) is 30.7 Å². The number of carbonyl (C=O) groups is 1. The van der Waals surface area contributed by atoms with Crippen molar-refractivity contribution >= 4 is 5.91 Å². The van der Waals surface area contributed by atoms with Crippen molar-refractivity contribution in [2.75, 3.05) is 26.2 Å². The van der Waals surface area contributed by atoms with Crippen LogP contribution in [-0.2, 0) is 11.8 Å². The van der Waals surface area contributed by atoms with Gasteiger partial charge >= 0.3 is 0 Å². The van der Waals surface area contributed by atoms with Gasteiger partial charge in [0.15, 0.2) is 5.69 Å². The molecule has 4 aliphatic rings. The summed E-state index contributed by atoms with van der Waals surface area (Å²) in [7, 11) is 0. The first-order chi connectivity index (χ1) is 15.9. The molecule has 7 heteroatoms. The van der Waals surface area contributed by atoms with Crippen molar-refractivity contribution in [2.45, 2.75) is 55.6 Å². The Morgan fingerprint density at radius 1 is 1.09 bits per heavy atom. The molecule has 1 amide bonds. The highest BCUT2D eigenvalue weighted by Crippen LogP contribution is 2.56. The van der Waals surface area contributed by atoms with E-state index in [1.54, 1.807) is 17.0 Å². The molecule has 0 spiro atoms. The topological polar surface area (TPSA) is 97.1 Å². The first-order valence-electron chi connectivity index (χ1n) is 12.1. The number of carbonyl (C=O) groups excluding carboxylic acids is 1. The summed E-state index contributed by atoms with van der Waals surface area (Å²) in [5.74, 6) is 0.538. The summed E-state index contributed by atoms with van der Waals surface area (Å²) >= 11 is 0. The van der Waals surface area contributed by atoms with Crippen LogP contribution in [0, 0.1) is 5.92 Å². The van der Waals surface area contributed by atoms with Crippen LogP contribution < -0.4 is 0 Å². The van der Waals surface area contributed by atoms with Crippen molar-refractivity contribution in [3.05, 3.63) is 53.3 Å². The Kier molecular flexibility index (Phi) is 4.72. The van der Waals surface area contributed by atoms with E-state index in [1.807, 2.05) is 12.1 Å². The third kappa shape index (κ3) is 3.16. The minimum absolute atomic E-state index is 0.00204. The Bertz CT molecular complexity index is 1100. The number of hydrogen-bond acceptors (Lipinski definition) is 6. The molecular weight excluding hydrogens is 418 g/mol. The molecule has 3 unspecified atom stereocenters. The van der Waals surface area contributed by atoms with E-state index in [-0.39, 0.29) is 29.1 Å². The van der Waals surface area contributed by atoms with Gasteiger partial charge in [0, 0.05) is 37.3 Å². The molecule has 2 saturated heterocycles. The van der Waals surface area contributed by atoms with Gasteiger partial charge in [0.2, 0.25) is 0 Å². The Balaban J connectivity index is 1.39. The summed E-state index contributed by atoms with van der Waals surface area (Å²) < 4.78 is 0. The Hall–Kier alpha value is -2.64. The number of phenols is 1. The van der Waals surface area contributed by atoms with Crippen molar-refractivity contribution in [3.8, 4) is 11.5 Å². The highest BCUT2D eigenvalue weighted by Gasteiger charge is 2.63. The molecule has 1 saturated carbocycles. The molecule has 3 atom stereocenters. The van der Waals surface area contributed by atoms with Crippen LogP contribution in [0.2, 0.25) is 0 Å². The van der Waals surface area contributed by atoms with Crippen LogP contribution >= 0.6 is 0 Å². The molecule has 1 aromatic heterocycles.